The molecule has 1 N–H and O–H groups in total. The predicted molar refractivity (Wildman–Crippen MR) is 96.4 cm³/mol. The van der Waals surface area contributed by atoms with Crippen LogP contribution < -0.4 is 5.32 Å². The lowest BCUT2D eigenvalue weighted by molar-refractivity contribution is 0.0286. The molecule has 1 unspecified atom stereocenters. The summed E-state index contributed by atoms with van der Waals surface area (Å²) in [4.78, 5) is 2.45. The van der Waals surface area contributed by atoms with E-state index in [-0.39, 0.29) is 0 Å². The molecule has 1 aliphatic carbocycles. The third-order valence-corrected chi connectivity index (χ3v) is 4.64. The minimum absolute atomic E-state index is 0.609. The summed E-state index contributed by atoms with van der Waals surface area (Å²) in [7, 11) is 0. The van der Waals surface area contributed by atoms with Gasteiger partial charge in [-0.2, -0.15) is 5.26 Å². The maximum Gasteiger partial charge on any atom is 0.176 e. The van der Waals surface area contributed by atoms with Gasteiger partial charge in [0, 0.05) is 39.1 Å². The van der Waals surface area contributed by atoms with Crippen LogP contribution >= 0.6 is 0 Å². The average molecular weight is 323 g/mol. The Morgan fingerprint density at radius 2 is 2.00 bits per heavy atom. The fraction of sp³-hybridized carbons (Fsp3) is 0.450. The van der Waals surface area contributed by atoms with Crippen molar-refractivity contribution in [3.63, 3.8) is 0 Å². The summed E-state index contributed by atoms with van der Waals surface area (Å²) < 4.78 is 5.96. The van der Waals surface area contributed by atoms with Crippen molar-refractivity contribution in [1.29, 1.82) is 5.26 Å². The number of allylic oxidation sites excluding steroid dienone is 2. The molecule has 24 heavy (non-hydrogen) atoms. The highest BCUT2D eigenvalue weighted by molar-refractivity contribution is 5.75. The molecule has 1 fully saturated rings. The van der Waals surface area contributed by atoms with Crippen molar-refractivity contribution >= 4 is 5.57 Å². The maximum absolute atomic E-state index is 9.57. The molecule has 1 aliphatic heterocycles. The van der Waals surface area contributed by atoms with E-state index in [9.17, 15) is 5.26 Å². The first kappa shape index (κ1) is 16.9. The smallest absolute Gasteiger partial charge is 0.176 e. The fourth-order valence-electron chi connectivity index (χ4n) is 3.17. The van der Waals surface area contributed by atoms with E-state index >= 15 is 0 Å². The number of nitrogens with one attached hydrogen (secondary N) is 1. The Morgan fingerprint density at radius 3 is 2.67 bits per heavy atom. The van der Waals surface area contributed by atoms with Crippen molar-refractivity contribution in [2.24, 2.45) is 0 Å². The van der Waals surface area contributed by atoms with E-state index < -0.39 is 5.60 Å². The first-order valence-electron chi connectivity index (χ1n) is 8.74. The van der Waals surface area contributed by atoms with Gasteiger partial charge in [-0.3, -0.25) is 0 Å². The Kier molecular flexibility index (Phi) is 5.81. The Bertz CT molecular complexity index is 626. The second kappa shape index (κ2) is 8.25. The van der Waals surface area contributed by atoms with Crippen LogP contribution in [0.5, 0.6) is 0 Å². The molecular weight excluding hydrogens is 298 g/mol. The van der Waals surface area contributed by atoms with Crippen molar-refractivity contribution in [3.8, 4) is 6.07 Å². The minimum Gasteiger partial charge on any atom is -0.356 e. The van der Waals surface area contributed by atoms with Crippen LogP contribution in [0.25, 0.3) is 5.57 Å². The van der Waals surface area contributed by atoms with E-state index in [2.05, 4.69) is 34.5 Å². The van der Waals surface area contributed by atoms with Crippen molar-refractivity contribution in [2.45, 2.75) is 18.4 Å². The van der Waals surface area contributed by atoms with Crippen molar-refractivity contribution in [2.75, 3.05) is 39.3 Å². The molecule has 0 saturated carbocycles. The zero-order valence-corrected chi connectivity index (χ0v) is 14.1. The van der Waals surface area contributed by atoms with Gasteiger partial charge in [-0.15, -0.1) is 0 Å². The van der Waals surface area contributed by atoms with Crippen LogP contribution in [-0.2, 0) is 4.74 Å². The standard InChI is InChI=1S/C20H25N3O/c21-17-20(24-16-4-13-23-14-11-22-12-15-23)9-7-19(8-10-20)18-5-2-1-3-6-18/h1-3,5-9,22H,4,10-16H2. The number of hydrogen-bond acceptors (Lipinski definition) is 4. The second-order valence-electron chi connectivity index (χ2n) is 6.36. The molecule has 1 aromatic carbocycles. The van der Waals surface area contributed by atoms with Gasteiger partial charge in [0.2, 0.25) is 0 Å². The van der Waals surface area contributed by atoms with Gasteiger partial charge in [0.05, 0.1) is 6.61 Å². The highest BCUT2D eigenvalue weighted by Gasteiger charge is 2.29. The van der Waals surface area contributed by atoms with Crippen LogP contribution in [0.15, 0.2) is 48.6 Å². The Balaban J connectivity index is 1.49. The van der Waals surface area contributed by atoms with Gasteiger partial charge >= 0.3 is 0 Å². The fourth-order valence-corrected chi connectivity index (χ4v) is 3.17. The van der Waals surface area contributed by atoms with Gasteiger partial charge < -0.3 is 15.0 Å². The summed E-state index contributed by atoms with van der Waals surface area (Å²) in [6.07, 6.45) is 7.61. The van der Waals surface area contributed by atoms with Gasteiger partial charge in [0.15, 0.2) is 5.60 Å². The zero-order valence-electron chi connectivity index (χ0n) is 14.1. The zero-order chi connectivity index (χ0) is 16.7. The molecule has 0 amide bonds. The number of nitrogens with zero attached hydrogens (tertiary/aromatic N) is 2. The Morgan fingerprint density at radius 1 is 1.21 bits per heavy atom. The number of nitriles is 1. The van der Waals surface area contributed by atoms with Crippen LogP contribution in [0.3, 0.4) is 0 Å². The van der Waals surface area contributed by atoms with Gasteiger partial charge in [-0.05, 0) is 23.6 Å². The molecule has 0 spiro atoms. The van der Waals surface area contributed by atoms with Gasteiger partial charge in [-0.25, -0.2) is 0 Å². The monoisotopic (exact) mass is 323 g/mol. The summed E-state index contributed by atoms with van der Waals surface area (Å²) in [6, 6.07) is 12.6. The molecule has 126 valence electrons. The van der Waals surface area contributed by atoms with Crippen LogP contribution in [0.2, 0.25) is 0 Å². The average Bonchev–Trinajstić information content (AvgIpc) is 2.67. The molecular formula is C20H25N3O. The van der Waals surface area contributed by atoms with E-state index in [1.165, 1.54) is 5.56 Å². The molecule has 1 heterocycles. The summed E-state index contributed by atoms with van der Waals surface area (Å²) >= 11 is 0. The van der Waals surface area contributed by atoms with E-state index in [1.807, 2.05) is 30.4 Å². The normalized spacial score (nSPS) is 24.4. The van der Waals surface area contributed by atoms with E-state index in [0.29, 0.717) is 13.0 Å². The SMILES string of the molecule is N#CC1(OCCCN2CCNCC2)C=CC(c2ccccc2)=CC1. The summed E-state index contributed by atoms with van der Waals surface area (Å²) in [5.41, 5.74) is 1.53. The number of piperazine rings is 1. The van der Waals surface area contributed by atoms with Crippen molar-refractivity contribution < 1.29 is 4.74 Å². The van der Waals surface area contributed by atoms with Crippen molar-refractivity contribution in [1.82, 2.24) is 10.2 Å². The lowest BCUT2D eigenvalue weighted by Gasteiger charge is -2.28. The van der Waals surface area contributed by atoms with E-state index in [1.54, 1.807) is 0 Å². The first-order valence-corrected chi connectivity index (χ1v) is 8.74. The lowest BCUT2D eigenvalue weighted by Crippen LogP contribution is -2.44. The number of hydrogen-bond donors (Lipinski definition) is 1. The predicted octanol–water partition coefficient (Wildman–Crippen LogP) is 2.60. The molecule has 1 atom stereocenters. The minimum atomic E-state index is -0.804. The first-order chi connectivity index (χ1) is 11.8. The highest BCUT2D eigenvalue weighted by Crippen LogP contribution is 2.29. The number of benzene rings is 1. The topological polar surface area (TPSA) is 48.3 Å². The van der Waals surface area contributed by atoms with E-state index in [0.717, 1.165) is 44.7 Å². The van der Waals surface area contributed by atoms with Gasteiger partial charge in [-0.1, -0.05) is 42.5 Å². The van der Waals surface area contributed by atoms with Gasteiger partial charge in [0.25, 0.3) is 0 Å². The highest BCUT2D eigenvalue weighted by atomic mass is 16.5. The molecule has 0 aromatic heterocycles. The van der Waals surface area contributed by atoms with Crippen LogP contribution in [-0.4, -0.2) is 49.8 Å². The molecule has 1 aromatic rings. The molecule has 4 nitrogen and oxygen atoms in total. The molecule has 1 saturated heterocycles. The maximum atomic E-state index is 9.57. The molecule has 2 aliphatic rings. The quantitative estimate of drug-likeness (QED) is 0.818. The van der Waals surface area contributed by atoms with Crippen LogP contribution in [0.1, 0.15) is 18.4 Å². The third-order valence-electron chi connectivity index (χ3n) is 4.64. The largest absolute Gasteiger partial charge is 0.356 e. The number of ether oxygens (including phenoxy) is 1. The van der Waals surface area contributed by atoms with Crippen molar-refractivity contribution in [3.05, 3.63) is 54.1 Å². The summed E-state index contributed by atoms with van der Waals surface area (Å²) in [5, 5.41) is 12.9. The molecule has 4 heteroatoms. The molecule has 0 bridgehead atoms. The summed E-state index contributed by atoms with van der Waals surface area (Å²) in [5.74, 6) is 0. The van der Waals surface area contributed by atoms with Crippen LogP contribution in [0, 0.1) is 11.3 Å². The molecule has 0 radical (unpaired) electrons. The molecule has 3 rings (SSSR count). The van der Waals surface area contributed by atoms with Gasteiger partial charge in [0.1, 0.15) is 6.07 Å². The van der Waals surface area contributed by atoms with Crippen LogP contribution in [0.4, 0.5) is 0 Å². The number of rotatable bonds is 6. The van der Waals surface area contributed by atoms with E-state index in [4.69, 9.17) is 4.74 Å². The Labute approximate surface area is 144 Å². The lowest BCUT2D eigenvalue weighted by atomic mass is 9.90. The third kappa shape index (κ3) is 4.33. The summed E-state index contributed by atoms with van der Waals surface area (Å²) in [6.45, 7) is 6.00. The second-order valence-corrected chi connectivity index (χ2v) is 6.36. The Hall–Kier alpha value is -1.93.